The van der Waals surface area contributed by atoms with Crippen molar-refractivity contribution < 1.29 is 4.74 Å². The number of hydrogen-bond acceptors (Lipinski definition) is 2. The molecule has 0 aromatic heterocycles. The van der Waals surface area contributed by atoms with Crippen molar-refractivity contribution in [3.63, 3.8) is 0 Å². The average molecular weight is 307 g/mol. The summed E-state index contributed by atoms with van der Waals surface area (Å²) in [5.74, 6) is 0.743. The Kier molecular flexibility index (Phi) is 4.19. The first-order valence-electron chi connectivity index (χ1n) is 8.77. The van der Waals surface area contributed by atoms with Crippen LogP contribution in [-0.2, 0) is 16.7 Å². The lowest BCUT2D eigenvalue weighted by molar-refractivity contribution is 0.00761. The molecule has 2 aromatic rings. The number of benzene rings is 2. The fourth-order valence-electron chi connectivity index (χ4n) is 4.53. The summed E-state index contributed by atoms with van der Waals surface area (Å²) in [5.41, 5.74) is 3.05. The van der Waals surface area contributed by atoms with Crippen LogP contribution in [0.15, 0.2) is 60.7 Å². The van der Waals surface area contributed by atoms with Gasteiger partial charge in [0, 0.05) is 24.6 Å². The van der Waals surface area contributed by atoms with Gasteiger partial charge in [-0.1, -0.05) is 60.7 Å². The summed E-state index contributed by atoms with van der Waals surface area (Å²) in [6, 6.07) is 22.3. The fourth-order valence-corrected chi connectivity index (χ4v) is 4.53. The van der Waals surface area contributed by atoms with E-state index in [2.05, 4.69) is 66.0 Å². The lowest BCUT2D eigenvalue weighted by atomic mass is 9.70. The summed E-state index contributed by atoms with van der Waals surface area (Å²) < 4.78 is 5.92. The van der Waals surface area contributed by atoms with Gasteiger partial charge in [-0.15, -0.1) is 0 Å². The zero-order chi connectivity index (χ0) is 15.5. The molecule has 1 N–H and O–H groups in total. The van der Waals surface area contributed by atoms with Crippen LogP contribution in [0.1, 0.15) is 30.4 Å². The van der Waals surface area contributed by atoms with E-state index in [4.69, 9.17) is 4.74 Å². The van der Waals surface area contributed by atoms with Gasteiger partial charge in [0.15, 0.2) is 0 Å². The maximum atomic E-state index is 5.92. The highest BCUT2D eigenvalue weighted by Gasteiger charge is 2.49. The molecule has 2 heteroatoms. The van der Waals surface area contributed by atoms with Crippen LogP contribution < -0.4 is 5.32 Å². The standard InChI is InChI=1S/C21H25NO/c1-3-7-17(8-4-1)15-22-20-13-19-11-12-23-16-21(19,14-20)18-9-5-2-6-10-18/h1-10,19-20,22H,11-16H2/t19-,20+,21-/m1/s1. The first-order valence-corrected chi connectivity index (χ1v) is 8.77. The largest absolute Gasteiger partial charge is 0.381 e. The van der Waals surface area contributed by atoms with Gasteiger partial charge in [-0.05, 0) is 36.3 Å². The van der Waals surface area contributed by atoms with Crippen LogP contribution in [0, 0.1) is 5.92 Å². The third kappa shape index (κ3) is 2.93. The predicted octanol–water partition coefficient (Wildman–Crippen LogP) is 3.91. The van der Waals surface area contributed by atoms with Gasteiger partial charge in [-0.3, -0.25) is 0 Å². The molecule has 4 rings (SSSR count). The molecule has 1 saturated heterocycles. The number of fused-ring (bicyclic) bond motifs is 1. The van der Waals surface area contributed by atoms with Gasteiger partial charge in [0.25, 0.3) is 0 Å². The van der Waals surface area contributed by atoms with Crippen LogP contribution in [0.4, 0.5) is 0 Å². The van der Waals surface area contributed by atoms with Crippen LogP contribution in [0.5, 0.6) is 0 Å². The molecule has 0 unspecified atom stereocenters. The molecule has 2 aliphatic rings. The molecule has 2 nitrogen and oxygen atoms in total. The van der Waals surface area contributed by atoms with Crippen molar-refractivity contribution in [1.29, 1.82) is 0 Å². The molecule has 3 atom stereocenters. The van der Waals surface area contributed by atoms with E-state index in [-0.39, 0.29) is 5.41 Å². The van der Waals surface area contributed by atoms with Crippen molar-refractivity contribution in [1.82, 2.24) is 5.32 Å². The van der Waals surface area contributed by atoms with Gasteiger partial charge in [0.1, 0.15) is 0 Å². The molecule has 1 saturated carbocycles. The number of nitrogens with one attached hydrogen (secondary N) is 1. The highest BCUT2D eigenvalue weighted by Crippen LogP contribution is 2.49. The van der Waals surface area contributed by atoms with Crippen molar-refractivity contribution >= 4 is 0 Å². The van der Waals surface area contributed by atoms with Crippen molar-refractivity contribution in [3.8, 4) is 0 Å². The Bertz CT molecular complexity index is 627. The van der Waals surface area contributed by atoms with E-state index < -0.39 is 0 Å². The smallest absolute Gasteiger partial charge is 0.0566 e. The second-order valence-corrected chi connectivity index (χ2v) is 7.06. The first-order chi connectivity index (χ1) is 11.4. The molecule has 2 aromatic carbocycles. The Morgan fingerprint density at radius 1 is 1.00 bits per heavy atom. The van der Waals surface area contributed by atoms with Gasteiger partial charge in [0.2, 0.25) is 0 Å². The molecule has 0 radical (unpaired) electrons. The minimum absolute atomic E-state index is 0.216. The third-order valence-electron chi connectivity index (χ3n) is 5.72. The van der Waals surface area contributed by atoms with Gasteiger partial charge in [0.05, 0.1) is 6.61 Å². The molecule has 0 spiro atoms. The number of ether oxygens (including phenoxy) is 1. The second kappa shape index (κ2) is 6.46. The van der Waals surface area contributed by atoms with Crippen molar-refractivity contribution in [2.75, 3.05) is 13.2 Å². The number of hydrogen-bond donors (Lipinski definition) is 1. The van der Waals surface area contributed by atoms with Crippen LogP contribution in [0.3, 0.4) is 0 Å². The lowest BCUT2D eigenvalue weighted by Crippen LogP contribution is -2.41. The quantitative estimate of drug-likeness (QED) is 0.924. The van der Waals surface area contributed by atoms with Gasteiger partial charge in [-0.25, -0.2) is 0 Å². The molecular weight excluding hydrogens is 282 g/mol. The van der Waals surface area contributed by atoms with E-state index in [1.54, 1.807) is 0 Å². The SMILES string of the molecule is c1ccc(CN[C@H]2C[C@H]3CCOC[C@@]3(c3ccccc3)C2)cc1. The Morgan fingerprint density at radius 3 is 2.52 bits per heavy atom. The third-order valence-corrected chi connectivity index (χ3v) is 5.72. The van der Waals surface area contributed by atoms with Crippen molar-refractivity contribution in [3.05, 3.63) is 71.8 Å². The molecule has 0 amide bonds. The zero-order valence-electron chi connectivity index (χ0n) is 13.6. The summed E-state index contributed by atoms with van der Waals surface area (Å²) in [6.45, 7) is 2.76. The van der Waals surface area contributed by atoms with Crippen molar-refractivity contribution in [2.45, 2.75) is 37.3 Å². The summed E-state index contributed by atoms with van der Waals surface area (Å²) in [4.78, 5) is 0. The Balaban J connectivity index is 1.50. The minimum atomic E-state index is 0.216. The molecule has 1 aliphatic carbocycles. The number of rotatable bonds is 4. The summed E-state index contributed by atoms with van der Waals surface area (Å²) in [5, 5.41) is 3.79. The van der Waals surface area contributed by atoms with Gasteiger partial charge < -0.3 is 10.1 Å². The van der Waals surface area contributed by atoms with Crippen LogP contribution in [0.25, 0.3) is 0 Å². The molecule has 120 valence electrons. The predicted molar refractivity (Wildman–Crippen MR) is 93.3 cm³/mol. The van der Waals surface area contributed by atoms with E-state index >= 15 is 0 Å². The second-order valence-electron chi connectivity index (χ2n) is 7.06. The molecule has 23 heavy (non-hydrogen) atoms. The minimum Gasteiger partial charge on any atom is -0.381 e. The van der Waals surface area contributed by atoms with E-state index in [1.807, 2.05) is 0 Å². The fraction of sp³-hybridized carbons (Fsp3) is 0.429. The molecule has 0 bridgehead atoms. The Hall–Kier alpha value is -1.64. The summed E-state index contributed by atoms with van der Waals surface area (Å²) in [6.07, 6.45) is 3.65. The Labute approximate surface area is 138 Å². The van der Waals surface area contributed by atoms with Gasteiger partial charge in [-0.2, -0.15) is 0 Å². The highest BCUT2D eigenvalue weighted by molar-refractivity contribution is 5.30. The molecular formula is C21H25NO. The average Bonchev–Trinajstić information content (AvgIpc) is 3.01. The maximum absolute atomic E-state index is 5.92. The zero-order valence-corrected chi connectivity index (χ0v) is 13.6. The lowest BCUT2D eigenvalue weighted by Gasteiger charge is -2.39. The summed E-state index contributed by atoms with van der Waals surface area (Å²) >= 11 is 0. The van der Waals surface area contributed by atoms with Crippen molar-refractivity contribution in [2.24, 2.45) is 5.92 Å². The van der Waals surface area contributed by atoms with E-state index in [1.165, 1.54) is 30.4 Å². The topological polar surface area (TPSA) is 21.3 Å². The van der Waals surface area contributed by atoms with E-state index in [0.29, 0.717) is 6.04 Å². The monoisotopic (exact) mass is 307 g/mol. The normalized spacial score (nSPS) is 30.1. The Morgan fingerprint density at radius 2 is 1.74 bits per heavy atom. The molecule has 2 fully saturated rings. The van der Waals surface area contributed by atoms with Crippen LogP contribution in [-0.4, -0.2) is 19.3 Å². The molecule has 1 heterocycles. The van der Waals surface area contributed by atoms with Crippen LogP contribution in [0.2, 0.25) is 0 Å². The van der Waals surface area contributed by atoms with E-state index in [0.717, 1.165) is 25.7 Å². The maximum Gasteiger partial charge on any atom is 0.0566 e. The van der Waals surface area contributed by atoms with Crippen LogP contribution >= 0.6 is 0 Å². The van der Waals surface area contributed by atoms with Gasteiger partial charge >= 0.3 is 0 Å². The van der Waals surface area contributed by atoms with E-state index in [9.17, 15) is 0 Å². The first kappa shape index (κ1) is 14.9. The molecule has 1 aliphatic heterocycles. The highest BCUT2D eigenvalue weighted by atomic mass is 16.5. The summed E-state index contributed by atoms with van der Waals surface area (Å²) in [7, 11) is 0.